The van der Waals surface area contributed by atoms with E-state index in [4.69, 9.17) is 0 Å². The Morgan fingerprint density at radius 3 is 0.789 bits per heavy atom. The molecule has 0 saturated carbocycles. The second kappa shape index (κ2) is 17.8. The van der Waals surface area contributed by atoms with Crippen LogP contribution in [0.5, 0.6) is 0 Å². The number of hydrogen-bond donors (Lipinski definition) is 0. The summed E-state index contributed by atoms with van der Waals surface area (Å²) in [7, 11) is 0. The van der Waals surface area contributed by atoms with Crippen LogP contribution >= 0.6 is 0 Å². The van der Waals surface area contributed by atoms with E-state index in [1.165, 1.54) is 82.1 Å². The highest BCUT2D eigenvalue weighted by Gasteiger charge is 2.18. The zero-order chi connectivity index (χ0) is 50.1. The van der Waals surface area contributed by atoms with Crippen LogP contribution in [0, 0.1) is 0 Å². The monoisotopic (exact) mass is 968 g/mol. The predicted molar refractivity (Wildman–Crippen MR) is 320 cm³/mol. The third-order valence-electron chi connectivity index (χ3n) is 15.5. The summed E-state index contributed by atoms with van der Waals surface area (Å²) >= 11 is 0. The molecule has 0 aliphatic heterocycles. The summed E-state index contributed by atoms with van der Waals surface area (Å²) < 4.78 is 7.13. The Balaban J connectivity index is 0.778. The van der Waals surface area contributed by atoms with E-state index in [0.29, 0.717) is 0 Å². The van der Waals surface area contributed by atoms with Gasteiger partial charge in [-0.15, -0.1) is 0 Å². The van der Waals surface area contributed by atoms with E-state index in [9.17, 15) is 0 Å². The van der Waals surface area contributed by atoms with Gasteiger partial charge in [0.25, 0.3) is 0 Å². The first-order valence-corrected chi connectivity index (χ1v) is 26.1. The maximum absolute atomic E-state index is 2.39. The number of para-hydroxylation sites is 6. The molecule has 4 heteroatoms. The molecule has 0 N–H and O–H groups in total. The molecule has 3 heterocycles. The number of hydrogen-bond acceptors (Lipinski definition) is 1. The summed E-state index contributed by atoms with van der Waals surface area (Å²) in [6, 6.07) is 106. The van der Waals surface area contributed by atoms with Gasteiger partial charge in [-0.3, -0.25) is 0 Å². The molecule has 76 heavy (non-hydrogen) atoms. The SMILES string of the molecule is c1ccc(-n2c3ccccc3c3ccc(-c4ccc(N(c5ccc(-c6ccc(-n7c8ccccc8c8ccccc87)cc6)cc5)c5ccc(-c6ccc(-n7c8ccccc8c8ccccc87)cc6)cc5)cc4)cc32)cc1. The molecule has 12 aromatic carbocycles. The fraction of sp³-hybridized carbons (Fsp3) is 0. The molecule has 356 valence electrons. The van der Waals surface area contributed by atoms with E-state index in [0.717, 1.165) is 50.8 Å². The Bertz CT molecular complexity index is 4330. The molecular weight excluding hydrogens is 921 g/mol. The molecule has 15 rings (SSSR count). The van der Waals surface area contributed by atoms with Gasteiger partial charge in [0.05, 0.1) is 33.1 Å². The van der Waals surface area contributed by atoms with Crippen LogP contribution in [0.4, 0.5) is 17.1 Å². The molecule has 0 spiro atoms. The van der Waals surface area contributed by atoms with Crippen molar-refractivity contribution in [3.8, 4) is 50.4 Å². The lowest BCUT2D eigenvalue weighted by Gasteiger charge is -2.26. The van der Waals surface area contributed by atoms with Gasteiger partial charge in [0.2, 0.25) is 0 Å². The minimum atomic E-state index is 1.08. The highest BCUT2D eigenvalue weighted by molar-refractivity contribution is 6.12. The van der Waals surface area contributed by atoms with Crippen LogP contribution < -0.4 is 4.90 Å². The molecule has 0 aliphatic rings. The van der Waals surface area contributed by atoms with Gasteiger partial charge in [-0.25, -0.2) is 0 Å². The minimum Gasteiger partial charge on any atom is -0.311 e. The number of aromatic nitrogens is 3. The van der Waals surface area contributed by atoms with Gasteiger partial charge in [-0.05, 0) is 143 Å². The number of benzene rings is 12. The first-order chi connectivity index (χ1) is 37.7. The maximum atomic E-state index is 2.39. The fourth-order valence-electron chi connectivity index (χ4n) is 11.9. The average molecular weight is 969 g/mol. The third-order valence-corrected chi connectivity index (χ3v) is 15.5. The Morgan fingerprint density at radius 2 is 0.434 bits per heavy atom. The second-order valence-corrected chi connectivity index (χ2v) is 19.7. The highest BCUT2D eigenvalue weighted by atomic mass is 15.1. The quantitative estimate of drug-likeness (QED) is 0.141. The lowest BCUT2D eigenvalue weighted by atomic mass is 10.0. The standard InChI is InChI=1S/C72H48N4/c1-2-14-55(15-3-1)76-71-25-13-8-20-65(71)66-47-36-54(48-72(66)76)53-34-41-58(42-35-53)73(56-37-26-49(27-38-56)51-30-43-59(44-31-51)74-67-21-9-4-16-61(67)62-17-5-10-22-68(62)74)57-39-28-50(29-40-57)52-32-45-60(46-33-52)75-69-23-11-6-18-63(69)64-19-7-12-24-70(64)75/h1-48H. The predicted octanol–water partition coefficient (Wildman–Crippen LogP) is 19.4. The summed E-state index contributed by atoms with van der Waals surface area (Å²) in [4.78, 5) is 2.37. The molecule has 0 bridgehead atoms. The normalized spacial score (nSPS) is 11.7. The lowest BCUT2D eigenvalue weighted by Crippen LogP contribution is -2.09. The smallest absolute Gasteiger partial charge is 0.0547 e. The minimum absolute atomic E-state index is 1.08. The topological polar surface area (TPSA) is 18.0 Å². The molecule has 0 saturated heterocycles. The molecule has 15 aromatic rings. The maximum Gasteiger partial charge on any atom is 0.0547 e. The van der Waals surface area contributed by atoms with Crippen LogP contribution in [0.1, 0.15) is 0 Å². The summed E-state index contributed by atoms with van der Waals surface area (Å²) in [5, 5.41) is 7.56. The molecule has 0 atom stereocenters. The summed E-state index contributed by atoms with van der Waals surface area (Å²) in [6.45, 7) is 0. The van der Waals surface area contributed by atoms with E-state index in [1.54, 1.807) is 0 Å². The second-order valence-electron chi connectivity index (χ2n) is 19.7. The number of fused-ring (bicyclic) bond motifs is 9. The Kier molecular flexibility index (Phi) is 10.2. The van der Waals surface area contributed by atoms with Crippen molar-refractivity contribution in [2.45, 2.75) is 0 Å². The van der Waals surface area contributed by atoms with Crippen molar-refractivity contribution in [3.05, 3.63) is 291 Å². The fourth-order valence-corrected chi connectivity index (χ4v) is 11.9. The first kappa shape index (κ1) is 43.4. The Hall–Kier alpha value is -10.2. The molecule has 3 aromatic heterocycles. The average Bonchev–Trinajstić information content (AvgIpc) is 4.19. The van der Waals surface area contributed by atoms with Crippen molar-refractivity contribution in [2.75, 3.05) is 4.90 Å². The van der Waals surface area contributed by atoms with E-state index >= 15 is 0 Å². The van der Waals surface area contributed by atoms with Gasteiger partial charge in [0.15, 0.2) is 0 Å². The van der Waals surface area contributed by atoms with Crippen molar-refractivity contribution < 1.29 is 0 Å². The summed E-state index contributed by atoms with van der Waals surface area (Å²) in [5.41, 5.74) is 20.9. The van der Waals surface area contributed by atoms with E-state index in [2.05, 4.69) is 310 Å². The molecule has 0 fully saturated rings. The largest absolute Gasteiger partial charge is 0.311 e. The van der Waals surface area contributed by atoms with Crippen LogP contribution in [0.15, 0.2) is 291 Å². The molecule has 4 nitrogen and oxygen atoms in total. The Labute approximate surface area is 440 Å². The third kappa shape index (κ3) is 7.14. The zero-order valence-corrected chi connectivity index (χ0v) is 41.5. The van der Waals surface area contributed by atoms with Crippen molar-refractivity contribution >= 4 is 82.5 Å². The Morgan fingerprint density at radius 1 is 0.184 bits per heavy atom. The van der Waals surface area contributed by atoms with E-state index in [-0.39, 0.29) is 0 Å². The lowest BCUT2D eigenvalue weighted by molar-refractivity contribution is 1.18. The molecule has 0 amide bonds. The van der Waals surface area contributed by atoms with Crippen molar-refractivity contribution in [3.63, 3.8) is 0 Å². The van der Waals surface area contributed by atoms with Gasteiger partial charge in [-0.1, -0.05) is 182 Å². The molecule has 0 aliphatic carbocycles. The van der Waals surface area contributed by atoms with Crippen LogP contribution in [0.2, 0.25) is 0 Å². The van der Waals surface area contributed by atoms with Gasteiger partial charge in [0, 0.05) is 66.4 Å². The molecule has 0 radical (unpaired) electrons. The highest BCUT2D eigenvalue weighted by Crippen LogP contribution is 2.41. The van der Waals surface area contributed by atoms with Crippen molar-refractivity contribution in [2.24, 2.45) is 0 Å². The first-order valence-electron chi connectivity index (χ1n) is 26.1. The van der Waals surface area contributed by atoms with Crippen LogP contribution in [-0.4, -0.2) is 13.7 Å². The molecular formula is C72H48N4. The van der Waals surface area contributed by atoms with Crippen LogP contribution in [0.25, 0.3) is 116 Å². The van der Waals surface area contributed by atoms with Crippen LogP contribution in [-0.2, 0) is 0 Å². The number of anilines is 3. The molecule has 0 unspecified atom stereocenters. The van der Waals surface area contributed by atoms with E-state index in [1.807, 2.05) is 0 Å². The van der Waals surface area contributed by atoms with Crippen molar-refractivity contribution in [1.82, 2.24) is 13.7 Å². The number of rotatable bonds is 9. The van der Waals surface area contributed by atoms with Gasteiger partial charge in [-0.2, -0.15) is 0 Å². The summed E-state index contributed by atoms with van der Waals surface area (Å²) in [6.07, 6.45) is 0. The van der Waals surface area contributed by atoms with E-state index < -0.39 is 0 Å². The van der Waals surface area contributed by atoms with Gasteiger partial charge >= 0.3 is 0 Å². The number of nitrogens with zero attached hydrogens (tertiary/aromatic N) is 4. The van der Waals surface area contributed by atoms with Gasteiger partial charge < -0.3 is 18.6 Å². The van der Waals surface area contributed by atoms with Crippen molar-refractivity contribution in [1.29, 1.82) is 0 Å². The van der Waals surface area contributed by atoms with Crippen LogP contribution in [0.3, 0.4) is 0 Å². The summed E-state index contributed by atoms with van der Waals surface area (Å²) in [5.74, 6) is 0. The van der Waals surface area contributed by atoms with Gasteiger partial charge in [0.1, 0.15) is 0 Å². The zero-order valence-electron chi connectivity index (χ0n) is 41.5.